The van der Waals surface area contributed by atoms with Gasteiger partial charge in [0.15, 0.2) is 0 Å². The summed E-state index contributed by atoms with van der Waals surface area (Å²) < 4.78 is 0. The van der Waals surface area contributed by atoms with E-state index in [1.165, 1.54) is 18.4 Å². The molecule has 0 saturated carbocycles. The third kappa shape index (κ3) is 3.38. The molecule has 4 nitrogen and oxygen atoms in total. The summed E-state index contributed by atoms with van der Waals surface area (Å²) in [4.78, 5) is 21.8. The third-order valence-corrected chi connectivity index (χ3v) is 6.08. The van der Waals surface area contributed by atoms with Gasteiger partial charge in [0.25, 0.3) is 5.91 Å². The summed E-state index contributed by atoms with van der Waals surface area (Å²) in [5, 5.41) is 0. The molecule has 2 aliphatic rings. The molecule has 0 unspecified atom stereocenters. The number of pyridine rings is 1. The van der Waals surface area contributed by atoms with Crippen molar-refractivity contribution in [2.24, 2.45) is 0 Å². The molecule has 0 aliphatic carbocycles. The fraction of sp³-hybridized carbons (Fsp3) is 0.455. The van der Waals surface area contributed by atoms with Gasteiger partial charge >= 0.3 is 0 Å². The maximum absolute atomic E-state index is 12.8. The quantitative estimate of drug-likeness (QED) is 0.848. The Morgan fingerprint density at radius 1 is 1.12 bits per heavy atom. The van der Waals surface area contributed by atoms with Crippen molar-refractivity contribution in [2.45, 2.75) is 44.7 Å². The second kappa shape index (κ2) is 7.20. The predicted molar refractivity (Wildman–Crippen MR) is 103 cm³/mol. The van der Waals surface area contributed by atoms with Crippen LogP contribution in [0.3, 0.4) is 0 Å². The minimum atomic E-state index is 0.181. The maximum atomic E-state index is 12.8. The highest BCUT2D eigenvalue weighted by Gasteiger charge is 2.43. The number of aromatic nitrogens is 1. The van der Waals surface area contributed by atoms with Crippen molar-refractivity contribution in [3.05, 3.63) is 65.5 Å². The van der Waals surface area contributed by atoms with Crippen LogP contribution in [0.4, 0.5) is 0 Å². The van der Waals surface area contributed by atoms with Crippen molar-refractivity contribution in [1.82, 2.24) is 14.8 Å². The minimum absolute atomic E-state index is 0.181. The number of carbonyl (C=O) groups excluding carboxylic acids is 1. The zero-order chi connectivity index (χ0) is 18.0. The fourth-order valence-electron chi connectivity index (χ4n) is 4.61. The van der Waals surface area contributed by atoms with E-state index in [9.17, 15) is 4.79 Å². The Labute approximate surface area is 155 Å². The Balaban J connectivity index is 1.42. The monoisotopic (exact) mass is 349 g/mol. The zero-order valence-electron chi connectivity index (χ0n) is 15.5. The summed E-state index contributed by atoms with van der Waals surface area (Å²) in [7, 11) is 0. The van der Waals surface area contributed by atoms with E-state index in [0.717, 1.165) is 50.1 Å². The smallest absolute Gasteiger partial charge is 0.253 e. The van der Waals surface area contributed by atoms with E-state index in [1.54, 1.807) is 0 Å². The number of likely N-dealkylation sites (tertiary alicyclic amines) is 2. The molecule has 3 heterocycles. The van der Waals surface area contributed by atoms with Crippen LogP contribution < -0.4 is 0 Å². The number of rotatable bonds is 3. The van der Waals surface area contributed by atoms with Gasteiger partial charge in [0.1, 0.15) is 0 Å². The molecule has 2 saturated heterocycles. The predicted octanol–water partition coefficient (Wildman–Crippen LogP) is 3.66. The molecular formula is C22H27N3O. The summed E-state index contributed by atoms with van der Waals surface area (Å²) >= 11 is 0. The van der Waals surface area contributed by atoms with Gasteiger partial charge in [-0.3, -0.25) is 14.7 Å². The summed E-state index contributed by atoms with van der Waals surface area (Å²) in [6.07, 6.45) is 8.46. The van der Waals surface area contributed by atoms with E-state index in [-0.39, 0.29) is 11.4 Å². The highest BCUT2D eigenvalue weighted by atomic mass is 16.2. The normalized spacial score (nSPS) is 19.8. The van der Waals surface area contributed by atoms with Crippen LogP contribution in [-0.2, 0) is 6.54 Å². The number of hydrogen-bond donors (Lipinski definition) is 0. The van der Waals surface area contributed by atoms with Crippen LogP contribution in [0.15, 0.2) is 48.8 Å². The highest BCUT2D eigenvalue weighted by Crippen LogP contribution is 2.39. The van der Waals surface area contributed by atoms with Gasteiger partial charge in [0.05, 0.1) is 0 Å². The molecule has 2 aromatic rings. The van der Waals surface area contributed by atoms with Crippen LogP contribution in [0.5, 0.6) is 0 Å². The summed E-state index contributed by atoms with van der Waals surface area (Å²) in [5.41, 5.74) is 3.51. The Morgan fingerprint density at radius 2 is 1.96 bits per heavy atom. The molecular weight excluding hydrogens is 322 g/mol. The third-order valence-electron chi connectivity index (χ3n) is 6.08. The lowest BCUT2D eigenvalue weighted by atomic mass is 9.84. The minimum Gasteiger partial charge on any atom is -0.339 e. The molecule has 2 fully saturated rings. The highest BCUT2D eigenvalue weighted by molar-refractivity contribution is 5.94. The molecule has 136 valence electrons. The van der Waals surface area contributed by atoms with Gasteiger partial charge in [-0.05, 0) is 62.9 Å². The topological polar surface area (TPSA) is 36.4 Å². The van der Waals surface area contributed by atoms with Crippen molar-refractivity contribution < 1.29 is 4.79 Å². The van der Waals surface area contributed by atoms with E-state index in [4.69, 9.17) is 0 Å². The van der Waals surface area contributed by atoms with Gasteiger partial charge in [-0.1, -0.05) is 23.8 Å². The van der Waals surface area contributed by atoms with Crippen LogP contribution in [-0.4, -0.2) is 45.9 Å². The van der Waals surface area contributed by atoms with Crippen molar-refractivity contribution in [3.8, 4) is 0 Å². The lowest BCUT2D eigenvalue weighted by Crippen LogP contribution is -2.52. The van der Waals surface area contributed by atoms with Crippen molar-refractivity contribution >= 4 is 5.91 Å². The van der Waals surface area contributed by atoms with E-state index < -0.39 is 0 Å². The number of aryl methyl sites for hydroxylation is 1. The summed E-state index contributed by atoms with van der Waals surface area (Å²) in [6, 6.07) is 12.1. The molecule has 2 aliphatic heterocycles. The van der Waals surface area contributed by atoms with E-state index >= 15 is 0 Å². The first-order valence-electron chi connectivity index (χ1n) is 9.66. The first kappa shape index (κ1) is 17.2. The standard InChI is InChI=1S/C22H27N3O/c1-18-5-2-7-20(15-18)21(26)24-13-9-22(10-14-24)8-4-12-25(22)17-19-6-3-11-23-16-19/h2-3,5-7,11,15-16H,4,8-10,12-14,17H2,1H3. The molecule has 4 heteroatoms. The molecule has 0 N–H and O–H groups in total. The van der Waals surface area contributed by atoms with Crippen LogP contribution in [0.1, 0.15) is 47.2 Å². The van der Waals surface area contributed by atoms with Gasteiger partial charge in [-0.15, -0.1) is 0 Å². The van der Waals surface area contributed by atoms with Crippen molar-refractivity contribution in [3.63, 3.8) is 0 Å². The molecule has 1 aromatic carbocycles. The Hall–Kier alpha value is -2.20. The van der Waals surface area contributed by atoms with Crippen LogP contribution in [0.2, 0.25) is 0 Å². The number of hydrogen-bond acceptors (Lipinski definition) is 3. The van der Waals surface area contributed by atoms with Crippen molar-refractivity contribution in [1.29, 1.82) is 0 Å². The number of carbonyl (C=O) groups is 1. The first-order chi connectivity index (χ1) is 12.7. The molecule has 4 rings (SSSR count). The van der Waals surface area contributed by atoms with Crippen LogP contribution in [0.25, 0.3) is 0 Å². The van der Waals surface area contributed by atoms with E-state index in [0.29, 0.717) is 0 Å². The van der Waals surface area contributed by atoms with Gasteiger partial charge in [-0.2, -0.15) is 0 Å². The number of piperidine rings is 1. The molecule has 1 aromatic heterocycles. The SMILES string of the molecule is Cc1cccc(C(=O)N2CCC3(CCCN3Cc3cccnc3)CC2)c1. The molecule has 0 atom stereocenters. The van der Waals surface area contributed by atoms with Crippen LogP contribution in [0, 0.1) is 6.92 Å². The molecule has 0 bridgehead atoms. The van der Waals surface area contributed by atoms with Gasteiger partial charge < -0.3 is 4.90 Å². The van der Waals surface area contributed by atoms with Gasteiger partial charge in [-0.25, -0.2) is 0 Å². The average Bonchev–Trinajstić information content (AvgIpc) is 3.04. The van der Waals surface area contributed by atoms with E-state index in [2.05, 4.69) is 16.0 Å². The average molecular weight is 349 g/mol. The molecule has 0 radical (unpaired) electrons. The van der Waals surface area contributed by atoms with Crippen molar-refractivity contribution in [2.75, 3.05) is 19.6 Å². The fourth-order valence-corrected chi connectivity index (χ4v) is 4.61. The lowest BCUT2D eigenvalue weighted by Gasteiger charge is -2.45. The zero-order valence-corrected chi connectivity index (χ0v) is 15.5. The Kier molecular flexibility index (Phi) is 4.77. The Morgan fingerprint density at radius 3 is 2.69 bits per heavy atom. The number of amides is 1. The lowest BCUT2D eigenvalue weighted by molar-refractivity contribution is 0.0383. The molecule has 1 spiro atoms. The summed E-state index contributed by atoms with van der Waals surface area (Å²) in [5.74, 6) is 0.181. The Bertz CT molecular complexity index is 766. The number of benzene rings is 1. The summed E-state index contributed by atoms with van der Waals surface area (Å²) in [6.45, 7) is 5.88. The maximum Gasteiger partial charge on any atom is 0.253 e. The second-order valence-corrected chi connectivity index (χ2v) is 7.77. The largest absolute Gasteiger partial charge is 0.339 e. The second-order valence-electron chi connectivity index (χ2n) is 7.77. The molecule has 26 heavy (non-hydrogen) atoms. The first-order valence-corrected chi connectivity index (χ1v) is 9.66. The van der Waals surface area contributed by atoms with Gasteiger partial charge in [0, 0.05) is 43.1 Å². The number of nitrogens with zero attached hydrogens (tertiary/aromatic N) is 3. The van der Waals surface area contributed by atoms with E-state index in [1.807, 2.05) is 54.5 Å². The van der Waals surface area contributed by atoms with Gasteiger partial charge in [0.2, 0.25) is 0 Å². The molecule has 1 amide bonds. The van der Waals surface area contributed by atoms with Crippen LogP contribution >= 0.6 is 0 Å².